The summed E-state index contributed by atoms with van der Waals surface area (Å²) in [5.74, 6) is 0.777. The van der Waals surface area contributed by atoms with Crippen molar-refractivity contribution in [3.05, 3.63) is 59.1 Å². The second-order valence-electron chi connectivity index (χ2n) is 7.12. The van der Waals surface area contributed by atoms with Gasteiger partial charge >= 0.3 is 0 Å². The van der Waals surface area contributed by atoms with Crippen molar-refractivity contribution in [2.24, 2.45) is 5.92 Å². The molecule has 0 bridgehead atoms. The Labute approximate surface area is 166 Å². The number of anilines is 2. The van der Waals surface area contributed by atoms with Gasteiger partial charge in [0.1, 0.15) is 0 Å². The molecule has 2 aromatic rings. The largest absolute Gasteiger partial charge is 0.371 e. The Bertz CT molecular complexity index is 747. The molecule has 0 aliphatic carbocycles. The first-order chi connectivity index (χ1) is 12.5. The molecule has 0 spiro atoms. The van der Waals surface area contributed by atoms with Crippen LogP contribution in [0.4, 0.5) is 11.4 Å². The minimum Gasteiger partial charge on any atom is -0.371 e. The molecule has 3 nitrogen and oxygen atoms in total. The number of halogens is 1. The van der Waals surface area contributed by atoms with Crippen LogP contribution in [0.5, 0.6) is 0 Å². The number of hydrogen-bond donors (Lipinski definition) is 2. The first-order valence-corrected chi connectivity index (χ1v) is 9.98. The monoisotopic (exact) mass is 387 g/mol. The molecule has 1 saturated heterocycles. The van der Waals surface area contributed by atoms with E-state index in [1.54, 1.807) is 0 Å². The highest BCUT2D eigenvalue weighted by atomic mass is 35.5. The minimum atomic E-state index is 0.128. The molecule has 1 aliphatic heterocycles. The quantitative estimate of drug-likeness (QED) is 0.665. The Morgan fingerprint density at radius 1 is 1.23 bits per heavy atom. The van der Waals surface area contributed by atoms with Gasteiger partial charge < -0.3 is 15.5 Å². The standard InChI is InChI=1S/C21H26ClN3S/c1-15-5-4-12-25(14-15)20-10-8-17(9-11-20)16(2)23-21(26)24-19-7-3-6-18(22)13-19/h3,6-11,13,15-16H,4-5,12,14H2,1-2H3,(H2,23,24,26)/t15-,16-/m1/s1. The van der Waals surface area contributed by atoms with Crippen LogP contribution in [0.1, 0.15) is 38.3 Å². The number of thiocarbonyl (C=S) groups is 1. The summed E-state index contributed by atoms with van der Waals surface area (Å²) in [6.07, 6.45) is 2.62. The average Bonchev–Trinajstić information content (AvgIpc) is 2.61. The predicted octanol–water partition coefficient (Wildman–Crippen LogP) is 5.62. The van der Waals surface area contributed by atoms with Gasteiger partial charge in [-0.15, -0.1) is 0 Å². The average molecular weight is 388 g/mol. The summed E-state index contributed by atoms with van der Waals surface area (Å²) in [5, 5.41) is 7.79. The zero-order chi connectivity index (χ0) is 18.5. The Morgan fingerprint density at radius 3 is 2.69 bits per heavy atom. The lowest BCUT2D eigenvalue weighted by Crippen LogP contribution is -2.34. The van der Waals surface area contributed by atoms with Gasteiger partial charge in [-0.25, -0.2) is 0 Å². The molecule has 0 unspecified atom stereocenters. The van der Waals surface area contributed by atoms with Gasteiger partial charge in [0.25, 0.3) is 0 Å². The highest BCUT2D eigenvalue weighted by Gasteiger charge is 2.17. The van der Waals surface area contributed by atoms with Crippen LogP contribution in [0.25, 0.3) is 0 Å². The molecule has 1 heterocycles. The zero-order valence-electron chi connectivity index (χ0n) is 15.3. The van der Waals surface area contributed by atoms with Crippen LogP contribution in [0.2, 0.25) is 5.02 Å². The lowest BCUT2D eigenvalue weighted by atomic mass is 9.99. The van der Waals surface area contributed by atoms with Gasteiger partial charge in [-0.1, -0.05) is 36.7 Å². The van der Waals surface area contributed by atoms with Crippen molar-refractivity contribution in [1.29, 1.82) is 0 Å². The predicted molar refractivity (Wildman–Crippen MR) is 116 cm³/mol. The minimum absolute atomic E-state index is 0.128. The topological polar surface area (TPSA) is 27.3 Å². The van der Waals surface area contributed by atoms with Crippen LogP contribution in [-0.4, -0.2) is 18.2 Å². The normalized spacial score (nSPS) is 18.3. The number of benzene rings is 2. The Morgan fingerprint density at radius 2 is 2.00 bits per heavy atom. The molecule has 2 atom stereocenters. The summed E-state index contributed by atoms with van der Waals surface area (Å²) >= 11 is 11.4. The lowest BCUT2D eigenvalue weighted by molar-refractivity contribution is 0.447. The van der Waals surface area contributed by atoms with E-state index >= 15 is 0 Å². The summed E-state index contributed by atoms with van der Waals surface area (Å²) in [7, 11) is 0. The molecular formula is C21H26ClN3S. The summed E-state index contributed by atoms with van der Waals surface area (Å²) in [6.45, 7) is 6.76. The third kappa shape index (κ3) is 5.12. The van der Waals surface area contributed by atoms with Crippen molar-refractivity contribution in [2.75, 3.05) is 23.3 Å². The number of nitrogens with zero attached hydrogens (tertiary/aromatic N) is 1. The molecule has 0 amide bonds. The molecule has 2 N–H and O–H groups in total. The van der Waals surface area contributed by atoms with Gasteiger partial charge in [0.2, 0.25) is 0 Å². The molecule has 138 valence electrons. The molecule has 26 heavy (non-hydrogen) atoms. The van der Waals surface area contributed by atoms with Crippen LogP contribution in [0.3, 0.4) is 0 Å². The first kappa shape index (κ1) is 19.0. The van der Waals surface area contributed by atoms with Crippen molar-refractivity contribution in [3.8, 4) is 0 Å². The molecule has 5 heteroatoms. The molecule has 3 rings (SSSR count). The fraction of sp³-hybridized carbons (Fsp3) is 0.381. The van der Waals surface area contributed by atoms with E-state index in [2.05, 4.69) is 53.6 Å². The SMILES string of the molecule is C[C@@H]1CCCN(c2ccc([C@@H](C)NC(=S)Nc3cccc(Cl)c3)cc2)C1. The third-order valence-electron chi connectivity index (χ3n) is 4.85. The summed E-state index contributed by atoms with van der Waals surface area (Å²) < 4.78 is 0. The Balaban J connectivity index is 1.57. The van der Waals surface area contributed by atoms with E-state index in [0.717, 1.165) is 24.7 Å². The van der Waals surface area contributed by atoms with E-state index in [-0.39, 0.29) is 6.04 Å². The van der Waals surface area contributed by atoms with Crippen LogP contribution in [0, 0.1) is 5.92 Å². The maximum atomic E-state index is 6.01. The second kappa shape index (κ2) is 8.74. The molecule has 0 aromatic heterocycles. The number of rotatable bonds is 4. The number of nitrogens with one attached hydrogen (secondary N) is 2. The van der Waals surface area contributed by atoms with Crippen molar-refractivity contribution < 1.29 is 0 Å². The summed E-state index contributed by atoms with van der Waals surface area (Å²) in [5.41, 5.74) is 3.41. The molecule has 0 radical (unpaired) electrons. The summed E-state index contributed by atoms with van der Waals surface area (Å²) in [6, 6.07) is 16.5. The van der Waals surface area contributed by atoms with Crippen LogP contribution >= 0.6 is 23.8 Å². The highest BCUT2D eigenvalue weighted by Crippen LogP contribution is 2.24. The van der Waals surface area contributed by atoms with Crippen molar-refractivity contribution >= 4 is 40.3 Å². The van der Waals surface area contributed by atoms with Crippen molar-refractivity contribution in [2.45, 2.75) is 32.7 Å². The van der Waals surface area contributed by atoms with Crippen LogP contribution in [0.15, 0.2) is 48.5 Å². The zero-order valence-corrected chi connectivity index (χ0v) is 16.9. The number of piperidine rings is 1. The van der Waals surface area contributed by atoms with Crippen LogP contribution < -0.4 is 15.5 Å². The fourth-order valence-corrected chi connectivity index (χ4v) is 3.90. The smallest absolute Gasteiger partial charge is 0.171 e. The van der Waals surface area contributed by atoms with E-state index in [0.29, 0.717) is 10.1 Å². The van der Waals surface area contributed by atoms with E-state index in [9.17, 15) is 0 Å². The van der Waals surface area contributed by atoms with Gasteiger partial charge in [-0.3, -0.25) is 0 Å². The lowest BCUT2D eigenvalue weighted by Gasteiger charge is -2.33. The van der Waals surface area contributed by atoms with E-state index < -0.39 is 0 Å². The maximum Gasteiger partial charge on any atom is 0.171 e. The van der Waals surface area contributed by atoms with Crippen molar-refractivity contribution in [1.82, 2.24) is 5.32 Å². The number of hydrogen-bond acceptors (Lipinski definition) is 2. The third-order valence-corrected chi connectivity index (χ3v) is 5.30. The Kier molecular flexibility index (Phi) is 6.38. The molecular weight excluding hydrogens is 362 g/mol. The van der Waals surface area contributed by atoms with Gasteiger partial charge in [0.05, 0.1) is 6.04 Å². The van der Waals surface area contributed by atoms with Gasteiger partial charge in [-0.05, 0) is 73.8 Å². The molecule has 2 aromatic carbocycles. The molecule has 0 saturated carbocycles. The van der Waals surface area contributed by atoms with Crippen LogP contribution in [-0.2, 0) is 0 Å². The fourth-order valence-electron chi connectivity index (χ4n) is 3.41. The van der Waals surface area contributed by atoms with Gasteiger partial charge in [-0.2, -0.15) is 0 Å². The first-order valence-electron chi connectivity index (χ1n) is 9.19. The molecule has 1 aliphatic rings. The maximum absolute atomic E-state index is 6.01. The Hall–Kier alpha value is -1.78. The van der Waals surface area contributed by atoms with Gasteiger partial charge in [0, 0.05) is 29.5 Å². The van der Waals surface area contributed by atoms with Crippen molar-refractivity contribution in [3.63, 3.8) is 0 Å². The van der Waals surface area contributed by atoms with Gasteiger partial charge in [0.15, 0.2) is 5.11 Å². The molecule has 1 fully saturated rings. The summed E-state index contributed by atoms with van der Waals surface area (Å²) in [4.78, 5) is 2.49. The van der Waals surface area contributed by atoms with E-state index in [1.165, 1.54) is 24.1 Å². The highest BCUT2D eigenvalue weighted by molar-refractivity contribution is 7.80. The van der Waals surface area contributed by atoms with E-state index in [4.69, 9.17) is 23.8 Å². The van der Waals surface area contributed by atoms with E-state index in [1.807, 2.05) is 24.3 Å². The second-order valence-corrected chi connectivity index (χ2v) is 7.96.